The highest BCUT2D eigenvalue weighted by atomic mass is 32.2. The van der Waals surface area contributed by atoms with E-state index in [1.807, 2.05) is 0 Å². The Bertz CT molecular complexity index is 380. The Kier molecular flexibility index (Phi) is 5.43. The molecule has 0 spiro atoms. The van der Waals surface area contributed by atoms with Crippen LogP contribution in [0.4, 0.5) is 0 Å². The second kappa shape index (κ2) is 6.10. The number of sulfonamides is 1. The summed E-state index contributed by atoms with van der Waals surface area (Å²) in [6.45, 7) is 9.75. The number of hydrogen-bond donors (Lipinski definition) is 1. The Morgan fingerprint density at radius 3 is 2.11 bits per heavy atom. The summed E-state index contributed by atoms with van der Waals surface area (Å²) < 4.78 is 26.5. The number of aliphatic hydroxyl groups is 1. The molecule has 1 aliphatic rings. The first-order valence-electron chi connectivity index (χ1n) is 7.23. The molecule has 5 heteroatoms. The van der Waals surface area contributed by atoms with Crippen LogP contribution in [0.2, 0.25) is 0 Å². The lowest BCUT2D eigenvalue weighted by Gasteiger charge is -2.33. The number of aliphatic hydroxyl groups excluding tert-OH is 1. The molecular weight excluding hydrogens is 262 g/mol. The standard InChI is InChI=1S/C14H29NO3S/c1-11(2)19(17,18)15(12-6-7-12)13(10-16)8-9-14(3,4)5/h11-13,16H,6-10H2,1-5H3/t13-/m1/s1. The van der Waals surface area contributed by atoms with E-state index in [0.717, 1.165) is 25.7 Å². The molecule has 0 bridgehead atoms. The number of hydrogen-bond acceptors (Lipinski definition) is 3. The molecule has 0 radical (unpaired) electrons. The SMILES string of the molecule is CC(C)S(=O)(=O)N(C1CC1)[C@@H](CO)CCC(C)(C)C. The molecule has 4 nitrogen and oxygen atoms in total. The maximum Gasteiger partial charge on any atom is 0.217 e. The van der Waals surface area contributed by atoms with Crippen LogP contribution in [-0.4, -0.2) is 41.8 Å². The van der Waals surface area contributed by atoms with Crippen LogP contribution in [0.3, 0.4) is 0 Å². The number of nitrogens with zero attached hydrogens (tertiary/aromatic N) is 1. The molecule has 0 unspecified atom stereocenters. The molecule has 0 saturated heterocycles. The molecule has 1 aliphatic carbocycles. The van der Waals surface area contributed by atoms with E-state index in [9.17, 15) is 13.5 Å². The third-order valence-corrected chi connectivity index (χ3v) is 5.97. The van der Waals surface area contributed by atoms with Crippen molar-refractivity contribution < 1.29 is 13.5 Å². The van der Waals surface area contributed by atoms with E-state index < -0.39 is 15.3 Å². The lowest BCUT2D eigenvalue weighted by molar-refractivity contribution is 0.160. The number of rotatable bonds is 7. The second-order valence-electron chi connectivity index (χ2n) is 7.09. The summed E-state index contributed by atoms with van der Waals surface area (Å²) in [6.07, 6.45) is 3.49. The van der Waals surface area contributed by atoms with Crippen molar-refractivity contribution in [3.8, 4) is 0 Å². The van der Waals surface area contributed by atoms with Gasteiger partial charge in [-0.2, -0.15) is 4.31 Å². The summed E-state index contributed by atoms with van der Waals surface area (Å²) in [5, 5.41) is 9.19. The maximum absolute atomic E-state index is 12.5. The van der Waals surface area contributed by atoms with Crippen molar-refractivity contribution >= 4 is 10.0 Å². The van der Waals surface area contributed by atoms with Gasteiger partial charge in [-0.15, -0.1) is 0 Å². The van der Waals surface area contributed by atoms with Crippen molar-refractivity contribution in [2.24, 2.45) is 5.41 Å². The van der Waals surface area contributed by atoms with Crippen molar-refractivity contribution in [1.29, 1.82) is 0 Å². The van der Waals surface area contributed by atoms with Crippen molar-refractivity contribution in [3.63, 3.8) is 0 Å². The molecular formula is C14H29NO3S. The van der Waals surface area contributed by atoms with Crippen LogP contribution in [0.15, 0.2) is 0 Å². The molecule has 0 amide bonds. The third-order valence-electron chi connectivity index (χ3n) is 3.59. The Balaban J connectivity index is 2.84. The minimum absolute atomic E-state index is 0.0848. The topological polar surface area (TPSA) is 57.6 Å². The van der Waals surface area contributed by atoms with Crippen LogP contribution in [-0.2, 0) is 10.0 Å². The summed E-state index contributed by atoms with van der Waals surface area (Å²) in [7, 11) is -3.28. The predicted molar refractivity (Wildman–Crippen MR) is 78.5 cm³/mol. The Labute approximate surface area is 118 Å². The maximum atomic E-state index is 12.5. The van der Waals surface area contributed by atoms with Crippen LogP contribution in [0.5, 0.6) is 0 Å². The first-order chi connectivity index (χ1) is 8.59. The molecule has 1 atom stereocenters. The zero-order valence-electron chi connectivity index (χ0n) is 12.9. The van der Waals surface area contributed by atoms with E-state index in [2.05, 4.69) is 20.8 Å². The minimum atomic E-state index is -3.28. The monoisotopic (exact) mass is 291 g/mol. The zero-order valence-corrected chi connectivity index (χ0v) is 13.7. The minimum Gasteiger partial charge on any atom is -0.395 e. The highest BCUT2D eigenvalue weighted by Gasteiger charge is 2.42. The van der Waals surface area contributed by atoms with Gasteiger partial charge in [0.1, 0.15) is 0 Å². The third kappa shape index (κ3) is 4.72. The first-order valence-corrected chi connectivity index (χ1v) is 8.73. The van der Waals surface area contributed by atoms with Crippen molar-refractivity contribution in [1.82, 2.24) is 4.31 Å². The van der Waals surface area contributed by atoms with Crippen LogP contribution in [0, 0.1) is 5.41 Å². The Morgan fingerprint density at radius 2 is 1.79 bits per heavy atom. The first kappa shape index (κ1) is 16.9. The summed E-state index contributed by atoms with van der Waals surface area (Å²) in [4.78, 5) is 0. The van der Waals surface area contributed by atoms with Gasteiger partial charge in [0.05, 0.1) is 11.9 Å². The van der Waals surface area contributed by atoms with Gasteiger partial charge in [0.25, 0.3) is 0 Å². The zero-order chi connectivity index (χ0) is 14.8. The highest BCUT2D eigenvalue weighted by molar-refractivity contribution is 7.89. The molecule has 1 rings (SSSR count). The smallest absolute Gasteiger partial charge is 0.217 e. The normalized spacial score (nSPS) is 19.2. The lowest BCUT2D eigenvalue weighted by atomic mass is 9.89. The summed E-state index contributed by atoms with van der Waals surface area (Å²) in [5.41, 5.74) is 0.157. The van der Waals surface area contributed by atoms with Gasteiger partial charge in [0, 0.05) is 12.1 Å². The van der Waals surface area contributed by atoms with Gasteiger partial charge in [0.15, 0.2) is 0 Å². The highest BCUT2D eigenvalue weighted by Crippen LogP contribution is 2.35. The molecule has 0 heterocycles. The Hall–Kier alpha value is -0.130. The van der Waals surface area contributed by atoms with Crippen molar-refractivity contribution in [3.05, 3.63) is 0 Å². The van der Waals surface area contributed by atoms with Crippen molar-refractivity contribution in [2.75, 3.05) is 6.61 Å². The fraction of sp³-hybridized carbons (Fsp3) is 1.00. The molecule has 0 aromatic heterocycles. The van der Waals surface area contributed by atoms with Gasteiger partial charge < -0.3 is 5.11 Å². The van der Waals surface area contributed by atoms with E-state index >= 15 is 0 Å². The van der Waals surface area contributed by atoms with Gasteiger partial charge in [-0.05, 0) is 44.9 Å². The second-order valence-corrected chi connectivity index (χ2v) is 9.48. The van der Waals surface area contributed by atoms with Crippen LogP contribution in [0.1, 0.15) is 60.3 Å². The lowest BCUT2D eigenvalue weighted by Crippen LogP contribution is -2.47. The summed E-state index contributed by atoms with van der Waals surface area (Å²) >= 11 is 0. The fourth-order valence-electron chi connectivity index (χ4n) is 2.18. The van der Waals surface area contributed by atoms with Crippen LogP contribution >= 0.6 is 0 Å². The fourth-order valence-corrected chi connectivity index (χ4v) is 3.89. The van der Waals surface area contributed by atoms with E-state index in [4.69, 9.17) is 0 Å². The van der Waals surface area contributed by atoms with E-state index in [-0.39, 0.29) is 24.1 Å². The molecule has 1 saturated carbocycles. The van der Waals surface area contributed by atoms with Crippen molar-refractivity contribution in [2.45, 2.75) is 77.6 Å². The molecule has 0 aliphatic heterocycles. The molecule has 1 N–H and O–H groups in total. The van der Waals surface area contributed by atoms with Crippen LogP contribution in [0.25, 0.3) is 0 Å². The van der Waals surface area contributed by atoms with Gasteiger partial charge in [-0.25, -0.2) is 8.42 Å². The predicted octanol–water partition coefficient (Wildman–Crippen LogP) is 2.38. The largest absolute Gasteiger partial charge is 0.395 e. The van der Waals surface area contributed by atoms with Gasteiger partial charge in [-0.1, -0.05) is 20.8 Å². The van der Waals surface area contributed by atoms with Gasteiger partial charge >= 0.3 is 0 Å². The average Bonchev–Trinajstić information content (AvgIpc) is 3.05. The molecule has 1 fully saturated rings. The molecule has 19 heavy (non-hydrogen) atoms. The van der Waals surface area contributed by atoms with Gasteiger partial charge in [-0.3, -0.25) is 0 Å². The quantitative estimate of drug-likeness (QED) is 0.783. The average molecular weight is 291 g/mol. The molecule has 114 valence electrons. The van der Waals surface area contributed by atoms with Crippen LogP contribution < -0.4 is 0 Å². The van der Waals surface area contributed by atoms with E-state index in [1.54, 1.807) is 18.2 Å². The molecule has 0 aromatic rings. The van der Waals surface area contributed by atoms with E-state index in [0.29, 0.717) is 0 Å². The summed E-state index contributed by atoms with van der Waals surface area (Å²) in [6, 6.07) is -0.149. The molecule has 0 aromatic carbocycles. The summed E-state index contributed by atoms with van der Waals surface area (Å²) in [5.74, 6) is 0. The van der Waals surface area contributed by atoms with Gasteiger partial charge in [0.2, 0.25) is 10.0 Å². The Morgan fingerprint density at radius 1 is 1.26 bits per heavy atom. The van der Waals surface area contributed by atoms with E-state index in [1.165, 1.54) is 0 Å².